The average Bonchev–Trinajstić information content (AvgIpc) is 2.43. The third-order valence-electron chi connectivity index (χ3n) is 2.55. The first-order chi connectivity index (χ1) is 9.98. The Morgan fingerprint density at radius 1 is 1.27 bits per heavy atom. The molecule has 22 heavy (non-hydrogen) atoms. The van der Waals surface area contributed by atoms with Crippen molar-refractivity contribution < 1.29 is 32.5 Å². The third-order valence-corrected chi connectivity index (χ3v) is 2.55. The number of nitro groups is 2. The van der Waals surface area contributed by atoms with Crippen LogP contribution in [0.25, 0.3) is 0 Å². The van der Waals surface area contributed by atoms with Gasteiger partial charge in [0.2, 0.25) is 6.61 Å². The van der Waals surface area contributed by atoms with Gasteiger partial charge in [-0.25, -0.2) is 4.79 Å². The van der Waals surface area contributed by atoms with Gasteiger partial charge in [0.25, 0.3) is 0 Å². The van der Waals surface area contributed by atoms with E-state index in [1.165, 1.54) is 0 Å². The first-order valence-corrected chi connectivity index (χ1v) is 5.48. The molecule has 1 aromatic rings. The van der Waals surface area contributed by atoms with Crippen molar-refractivity contribution >= 4 is 5.97 Å². The second-order valence-corrected chi connectivity index (χ2v) is 4.24. The predicted octanol–water partition coefficient (Wildman–Crippen LogP) is 1.53. The van der Waals surface area contributed by atoms with Crippen molar-refractivity contribution in [2.45, 2.75) is 18.8 Å². The van der Waals surface area contributed by atoms with Crippen molar-refractivity contribution in [3.05, 3.63) is 49.8 Å². The molecule has 0 bridgehead atoms. The van der Waals surface area contributed by atoms with Crippen molar-refractivity contribution in [1.29, 1.82) is 0 Å². The van der Waals surface area contributed by atoms with Gasteiger partial charge in [-0.05, 0) is 12.1 Å². The van der Waals surface area contributed by atoms with Gasteiger partial charge >= 0.3 is 17.8 Å². The highest BCUT2D eigenvalue weighted by atomic mass is 19.4. The molecule has 0 saturated carbocycles. The summed E-state index contributed by atoms with van der Waals surface area (Å²) in [7, 11) is 0. The molecule has 0 amide bonds. The number of carbonyl (C=O) groups excluding carboxylic acids is 1. The van der Waals surface area contributed by atoms with E-state index in [0.717, 1.165) is 6.07 Å². The zero-order valence-corrected chi connectivity index (χ0v) is 10.9. The minimum absolute atomic E-state index is 0.429. The molecule has 0 aromatic carbocycles. The number of aromatic nitrogens is 1. The van der Waals surface area contributed by atoms with Crippen LogP contribution in [0.2, 0.25) is 0 Å². The van der Waals surface area contributed by atoms with Gasteiger partial charge in [-0.1, -0.05) is 0 Å². The smallest absolute Gasteiger partial charge is 0.446 e. The SMILES string of the molecule is CC(COC(=O)c1ccc(C(F)(F)F)nc1)([N+](=O)[O-])[N+](=O)[O-]. The summed E-state index contributed by atoms with van der Waals surface area (Å²) in [5, 5.41) is 21.2. The standard InChI is InChI=1S/C10H8F3N3O6/c1-9(15(18)19,16(20)21)5-22-8(17)6-2-3-7(14-4-6)10(11,12)13/h2-4H,5H2,1H3. The summed E-state index contributed by atoms with van der Waals surface area (Å²) in [6.45, 7) is -0.557. The third kappa shape index (κ3) is 3.65. The molecule has 1 heterocycles. The molecule has 0 aliphatic heterocycles. The number of esters is 1. The van der Waals surface area contributed by atoms with Crippen LogP contribution >= 0.6 is 0 Å². The summed E-state index contributed by atoms with van der Waals surface area (Å²) in [6.07, 6.45) is -4.14. The van der Waals surface area contributed by atoms with Crippen molar-refractivity contribution in [3.8, 4) is 0 Å². The van der Waals surface area contributed by atoms with Crippen LogP contribution in [0.3, 0.4) is 0 Å². The molecule has 9 nitrogen and oxygen atoms in total. The van der Waals surface area contributed by atoms with E-state index in [1.54, 1.807) is 0 Å². The lowest BCUT2D eigenvalue weighted by Crippen LogP contribution is -2.47. The van der Waals surface area contributed by atoms with Gasteiger partial charge < -0.3 is 4.74 Å². The van der Waals surface area contributed by atoms with Crippen molar-refractivity contribution in [1.82, 2.24) is 4.98 Å². The molecule has 0 spiro atoms. The molecule has 0 aliphatic rings. The molecular weight excluding hydrogens is 315 g/mol. The number of pyridine rings is 1. The summed E-state index contributed by atoms with van der Waals surface area (Å²) >= 11 is 0. The number of carbonyl (C=O) groups is 1. The normalized spacial score (nSPS) is 11.8. The Hall–Kier alpha value is -2.79. The van der Waals surface area contributed by atoms with Crippen LogP contribution in [-0.4, -0.2) is 33.1 Å². The zero-order valence-electron chi connectivity index (χ0n) is 10.9. The van der Waals surface area contributed by atoms with E-state index in [0.29, 0.717) is 19.2 Å². The average molecular weight is 323 g/mol. The van der Waals surface area contributed by atoms with Gasteiger partial charge in [0.1, 0.15) is 15.5 Å². The van der Waals surface area contributed by atoms with Gasteiger partial charge in [0, 0.05) is 6.20 Å². The fourth-order valence-corrected chi connectivity index (χ4v) is 1.14. The van der Waals surface area contributed by atoms with Gasteiger partial charge in [-0.2, -0.15) is 13.2 Å². The Bertz CT molecular complexity index is 587. The maximum Gasteiger partial charge on any atom is 0.488 e. The number of rotatable bonds is 5. The highest BCUT2D eigenvalue weighted by Crippen LogP contribution is 2.27. The van der Waals surface area contributed by atoms with Gasteiger partial charge in [-0.15, -0.1) is 0 Å². The lowest BCUT2D eigenvalue weighted by molar-refractivity contribution is -0.793. The first-order valence-electron chi connectivity index (χ1n) is 5.48. The van der Waals surface area contributed by atoms with Crippen molar-refractivity contribution in [3.63, 3.8) is 0 Å². The fraction of sp³-hybridized carbons (Fsp3) is 0.400. The van der Waals surface area contributed by atoms with E-state index in [2.05, 4.69) is 9.72 Å². The monoisotopic (exact) mass is 323 g/mol. The van der Waals surface area contributed by atoms with Gasteiger partial charge in [-0.3, -0.25) is 25.2 Å². The number of hydrogen-bond acceptors (Lipinski definition) is 7. The van der Waals surface area contributed by atoms with Gasteiger partial charge in [0.15, 0.2) is 0 Å². The largest absolute Gasteiger partial charge is 0.488 e. The number of hydrogen-bond donors (Lipinski definition) is 0. The first kappa shape index (κ1) is 17.3. The molecule has 0 radical (unpaired) electrons. The van der Waals surface area contributed by atoms with E-state index >= 15 is 0 Å². The fourth-order valence-electron chi connectivity index (χ4n) is 1.14. The molecule has 0 aliphatic carbocycles. The lowest BCUT2D eigenvalue weighted by Gasteiger charge is -2.12. The molecular formula is C10H8F3N3O6. The summed E-state index contributed by atoms with van der Waals surface area (Å²) in [5.41, 5.74) is -4.43. The Balaban J connectivity index is 2.82. The topological polar surface area (TPSA) is 125 Å². The van der Waals surface area contributed by atoms with Gasteiger partial charge in [0.05, 0.1) is 12.5 Å². The predicted molar refractivity (Wildman–Crippen MR) is 61.9 cm³/mol. The molecule has 12 heteroatoms. The van der Waals surface area contributed by atoms with Crippen LogP contribution in [0.15, 0.2) is 18.3 Å². The Morgan fingerprint density at radius 2 is 1.82 bits per heavy atom. The van der Waals surface area contributed by atoms with Crippen LogP contribution in [0.4, 0.5) is 13.2 Å². The molecule has 0 unspecified atom stereocenters. The molecule has 1 rings (SSSR count). The number of nitrogens with zero attached hydrogens (tertiary/aromatic N) is 3. The number of alkyl halides is 3. The van der Waals surface area contributed by atoms with E-state index in [-0.39, 0.29) is 0 Å². The quantitative estimate of drug-likeness (QED) is 0.348. The molecule has 120 valence electrons. The van der Waals surface area contributed by atoms with Crippen LogP contribution in [-0.2, 0) is 10.9 Å². The highest BCUT2D eigenvalue weighted by Gasteiger charge is 2.52. The van der Waals surface area contributed by atoms with E-state index in [4.69, 9.17) is 0 Å². The molecule has 1 aromatic heterocycles. The molecule has 0 N–H and O–H groups in total. The molecule has 0 saturated heterocycles. The maximum absolute atomic E-state index is 12.3. The van der Waals surface area contributed by atoms with Crippen LogP contribution in [0, 0.1) is 20.2 Å². The minimum Gasteiger partial charge on any atom is -0.446 e. The lowest BCUT2D eigenvalue weighted by atomic mass is 10.2. The summed E-state index contributed by atoms with van der Waals surface area (Å²) < 4.78 is 41.2. The highest BCUT2D eigenvalue weighted by molar-refractivity contribution is 5.89. The summed E-state index contributed by atoms with van der Waals surface area (Å²) in [6, 6.07) is 1.25. The summed E-state index contributed by atoms with van der Waals surface area (Å²) in [5.74, 6) is -1.27. The van der Waals surface area contributed by atoms with Crippen LogP contribution in [0.5, 0.6) is 0 Å². The summed E-state index contributed by atoms with van der Waals surface area (Å²) in [4.78, 5) is 33.2. The van der Waals surface area contributed by atoms with E-state index in [9.17, 15) is 38.2 Å². The van der Waals surface area contributed by atoms with E-state index in [1.807, 2.05) is 0 Å². The molecule has 0 fully saturated rings. The maximum atomic E-state index is 12.3. The van der Waals surface area contributed by atoms with E-state index < -0.39 is 45.5 Å². The van der Waals surface area contributed by atoms with Crippen molar-refractivity contribution in [2.24, 2.45) is 0 Å². The molecule has 0 atom stereocenters. The Morgan fingerprint density at radius 3 is 2.18 bits per heavy atom. The van der Waals surface area contributed by atoms with Crippen LogP contribution < -0.4 is 0 Å². The number of halogens is 3. The second kappa shape index (κ2) is 5.91. The second-order valence-electron chi connectivity index (χ2n) is 4.24. The Kier molecular flexibility index (Phi) is 4.64. The zero-order chi connectivity index (χ0) is 17.1. The van der Waals surface area contributed by atoms with Crippen molar-refractivity contribution in [2.75, 3.05) is 6.61 Å². The van der Waals surface area contributed by atoms with Crippen LogP contribution in [0.1, 0.15) is 23.0 Å². The Labute approximate surface area is 120 Å². The number of ether oxygens (including phenoxy) is 1. The minimum atomic E-state index is -4.70.